The molecule has 0 saturated heterocycles. The van der Waals surface area contributed by atoms with Crippen molar-refractivity contribution in [3.05, 3.63) is 52.6 Å². The molecule has 0 saturated carbocycles. The minimum atomic E-state index is -0.812. The Labute approximate surface area is 128 Å². The van der Waals surface area contributed by atoms with Gasteiger partial charge in [0, 0.05) is 12.1 Å². The highest BCUT2D eigenvalue weighted by molar-refractivity contribution is 5.73. The monoisotopic (exact) mass is 302 g/mol. The fourth-order valence-electron chi connectivity index (χ4n) is 1.95. The third-order valence-electron chi connectivity index (χ3n) is 3.18. The first-order valence-corrected chi connectivity index (χ1v) is 6.78. The summed E-state index contributed by atoms with van der Waals surface area (Å²) in [6, 6.07) is 6.21. The quantitative estimate of drug-likeness (QED) is 0.692. The van der Waals surface area contributed by atoms with Crippen LogP contribution in [0.25, 0.3) is 11.8 Å². The molecule has 0 bridgehead atoms. The summed E-state index contributed by atoms with van der Waals surface area (Å²) in [5, 5.41) is 25.5. The highest BCUT2D eigenvalue weighted by Crippen LogP contribution is 2.29. The largest absolute Gasteiger partial charge is 0.386 e. The second-order valence-electron chi connectivity index (χ2n) is 6.03. The number of nitro groups is 1. The standard InChI is InChI=1S/C15H18N4O3/c1-15(2,3)14(20)13(18-10-16-9-17-18)8-11-5-4-6-12(7-11)19(21)22/h4-10,14,20H,1-3H3/b13-8-. The summed E-state index contributed by atoms with van der Waals surface area (Å²) in [6.45, 7) is 5.70. The van der Waals surface area contributed by atoms with Gasteiger partial charge in [-0.1, -0.05) is 32.9 Å². The molecule has 0 aliphatic carbocycles. The molecule has 116 valence electrons. The zero-order chi connectivity index (χ0) is 16.3. The zero-order valence-electron chi connectivity index (χ0n) is 12.7. The molecule has 7 nitrogen and oxygen atoms in total. The van der Waals surface area contributed by atoms with Crippen molar-refractivity contribution in [3.63, 3.8) is 0 Å². The van der Waals surface area contributed by atoms with Gasteiger partial charge in [-0.3, -0.25) is 10.1 Å². The van der Waals surface area contributed by atoms with E-state index in [0.29, 0.717) is 11.3 Å². The van der Waals surface area contributed by atoms with Gasteiger partial charge in [0.2, 0.25) is 0 Å². The maximum Gasteiger partial charge on any atom is 0.270 e. The van der Waals surface area contributed by atoms with E-state index in [1.54, 1.807) is 18.2 Å². The number of aliphatic hydroxyl groups excluding tert-OH is 1. The van der Waals surface area contributed by atoms with E-state index in [-0.39, 0.29) is 5.69 Å². The van der Waals surface area contributed by atoms with Gasteiger partial charge in [-0.05, 0) is 17.1 Å². The van der Waals surface area contributed by atoms with E-state index in [1.165, 1.54) is 29.5 Å². The van der Waals surface area contributed by atoms with Gasteiger partial charge in [0.05, 0.1) is 10.6 Å². The molecule has 0 amide bonds. The highest BCUT2D eigenvalue weighted by atomic mass is 16.6. The maximum atomic E-state index is 10.9. The number of rotatable bonds is 4. The normalized spacial score (nSPS) is 13.9. The van der Waals surface area contributed by atoms with Crippen LogP contribution in [0.1, 0.15) is 26.3 Å². The number of nitrogens with zero attached hydrogens (tertiary/aromatic N) is 4. The second-order valence-corrected chi connectivity index (χ2v) is 6.03. The van der Waals surface area contributed by atoms with Gasteiger partial charge in [-0.25, -0.2) is 9.67 Å². The lowest BCUT2D eigenvalue weighted by Gasteiger charge is -2.27. The van der Waals surface area contributed by atoms with Crippen LogP contribution in [-0.4, -0.2) is 30.9 Å². The average molecular weight is 302 g/mol. The Morgan fingerprint density at radius 1 is 1.45 bits per heavy atom. The molecular formula is C15H18N4O3. The Morgan fingerprint density at radius 3 is 2.73 bits per heavy atom. The Balaban J connectivity index is 2.50. The summed E-state index contributed by atoms with van der Waals surface area (Å²) in [6.07, 6.45) is 3.72. The number of non-ortho nitro benzene ring substituents is 1. The second kappa shape index (κ2) is 6.07. The fraction of sp³-hybridized carbons (Fsp3) is 0.333. The molecule has 7 heteroatoms. The van der Waals surface area contributed by atoms with E-state index in [4.69, 9.17) is 0 Å². The smallest absolute Gasteiger partial charge is 0.270 e. The number of hydrogen-bond acceptors (Lipinski definition) is 5. The zero-order valence-corrected chi connectivity index (χ0v) is 12.7. The first-order valence-electron chi connectivity index (χ1n) is 6.78. The van der Waals surface area contributed by atoms with Crippen molar-refractivity contribution in [2.24, 2.45) is 5.41 Å². The maximum absolute atomic E-state index is 10.9. The number of hydrogen-bond donors (Lipinski definition) is 1. The SMILES string of the molecule is CC(C)(C)C(O)/C(=C/c1cccc([N+](=O)[O-])c1)n1cncn1. The molecule has 1 aromatic carbocycles. The summed E-state index contributed by atoms with van der Waals surface area (Å²) in [5.74, 6) is 0. The molecular weight excluding hydrogens is 284 g/mol. The van der Waals surface area contributed by atoms with Crippen LogP contribution in [0, 0.1) is 15.5 Å². The molecule has 22 heavy (non-hydrogen) atoms. The van der Waals surface area contributed by atoms with Gasteiger partial charge >= 0.3 is 0 Å². The lowest BCUT2D eigenvalue weighted by Crippen LogP contribution is -2.29. The molecule has 2 rings (SSSR count). The van der Waals surface area contributed by atoms with Crippen LogP contribution in [0.2, 0.25) is 0 Å². The molecule has 0 fully saturated rings. The highest BCUT2D eigenvalue weighted by Gasteiger charge is 2.27. The predicted molar refractivity (Wildman–Crippen MR) is 82.7 cm³/mol. The van der Waals surface area contributed by atoms with Gasteiger partial charge < -0.3 is 5.11 Å². The van der Waals surface area contributed by atoms with Crippen molar-refractivity contribution in [2.45, 2.75) is 26.9 Å². The van der Waals surface area contributed by atoms with Crippen molar-refractivity contribution in [2.75, 3.05) is 0 Å². The van der Waals surface area contributed by atoms with E-state index >= 15 is 0 Å². The Kier molecular flexibility index (Phi) is 4.37. The first kappa shape index (κ1) is 15.8. The lowest BCUT2D eigenvalue weighted by atomic mass is 9.86. The van der Waals surface area contributed by atoms with E-state index in [2.05, 4.69) is 10.1 Å². The van der Waals surface area contributed by atoms with E-state index < -0.39 is 16.4 Å². The summed E-state index contributed by atoms with van der Waals surface area (Å²) in [4.78, 5) is 14.3. The molecule has 1 aromatic heterocycles. The third-order valence-corrected chi connectivity index (χ3v) is 3.18. The van der Waals surface area contributed by atoms with Gasteiger partial charge in [-0.2, -0.15) is 5.10 Å². The Hall–Kier alpha value is -2.54. The molecule has 1 unspecified atom stereocenters. The molecule has 0 spiro atoms. The Bertz CT molecular complexity index is 687. The van der Waals surface area contributed by atoms with Gasteiger partial charge in [0.1, 0.15) is 18.8 Å². The third kappa shape index (κ3) is 3.56. The van der Waals surface area contributed by atoms with Crippen LogP contribution in [0.4, 0.5) is 5.69 Å². The van der Waals surface area contributed by atoms with E-state index in [0.717, 1.165) is 0 Å². The molecule has 0 radical (unpaired) electrons. The number of aliphatic hydroxyl groups is 1. The number of nitro benzene ring substituents is 1. The Morgan fingerprint density at radius 2 is 2.18 bits per heavy atom. The van der Waals surface area contributed by atoms with Gasteiger partial charge in [-0.15, -0.1) is 0 Å². The van der Waals surface area contributed by atoms with Crippen LogP contribution in [0.5, 0.6) is 0 Å². The van der Waals surface area contributed by atoms with Crippen LogP contribution < -0.4 is 0 Å². The predicted octanol–water partition coefficient (Wildman–Crippen LogP) is 2.59. The van der Waals surface area contributed by atoms with E-state index in [1.807, 2.05) is 20.8 Å². The van der Waals surface area contributed by atoms with E-state index in [9.17, 15) is 15.2 Å². The van der Waals surface area contributed by atoms with Crippen molar-refractivity contribution in [1.82, 2.24) is 14.8 Å². The summed E-state index contributed by atoms with van der Waals surface area (Å²) < 4.78 is 1.47. The summed E-state index contributed by atoms with van der Waals surface area (Å²) in [7, 11) is 0. The minimum Gasteiger partial charge on any atom is -0.386 e. The van der Waals surface area contributed by atoms with Crippen LogP contribution in [0.15, 0.2) is 36.9 Å². The first-order chi connectivity index (χ1) is 10.3. The molecule has 0 aliphatic rings. The van der Waals surface area contributed by atoms with Gasteiger partial charge in [0.15, 0.2) is 0 Å². The van der Waals surface area contributed by atoms with Crippen LogP contribution in [0.3, 0.4) is 0 Å². The van der Waals surface area contributed by atoms with Crippen molar-refractivity contribution >= 4 is 17.5 Å². The fourth-order valence-corrected chi connectivity index (χ4v) is 1.95. The van der Waals surface area contributed by atoms with Crippen LogP contribution >= 0.6 is 0 Å². The molecule has 2 aromatic rings. The summed E-state index contributed by atoms with van der Waals surface area (Å²) >= 11 is 0. The van der Waals surface area contributed by atoms with Crippen molar-refractivity contribution < 1.29 is 10.0 Å². The average Bonchev–Trinajstić information content (AvgIpc) is 2.97. The topological polar surface area (TPSA) is 94.1 Å². The molecule has 0 aliphatic heterocycles. The lowest BCUT2D eigenvalue weighted by molar-refractivity contribution is -0.384. The minimum absolute atomic E-state index is 0.00283. The number of aromatic nitrogens is 3. The van der Waals surface area contributed by atoms with Gasteiger partial charge in [0.25, 0.3) is 5.69 Å². The summed E-state index contributed by atoms with van der Waals surface area (Å²) in [5.41, 5.74) is 0.698. The van der Waals surface area contributed by atoms with Crippen molar-refractivity contribution in [3.8, 4) is 0 Å². The number of benzene rings is 1. The van der Waals surface area contributed by atoms with Crippen molar-refractivity contribution in [1.29, 1.82) is 0 Å². The van der Waals surface area contributed by atoms with Crippen LogP contribution in [-0.2, 0) is 0 Å². The molecule has 1 N–H and O–H groups in total. The molecule has 1 atom stereocenters. The molecule has 1 heterocycles.